The number of hydrogen-bond donors (Lipinski definition) is 1. The monoisotopic (exact) mass is 397 g/mol. The van der Waals surface area contributed by atoms with E-state index >= 15 is 0 Å². The third-order valence-corrected chi connectivity index (χ3v) is 4.22. The molecule has 0 radical (unpaired) electrons. The third kappa shape index (κ3) is 4.64. The predicted molar refractivity (Wildman–Crippen MR) is 92.5 cm³/mol. The minimum absolute atomic E-state index is 0.248. The molecule has 0 saturated carbocycles. The Labute approximate surface area is 139 Å². The Morgan fingerprint density at radius 3 is 2.81 bits per heavy atom. The van der Waals surface area contributed by atoms with Crippen LogP contribution in [0.4, 0.5) is 0 Å². The van der Waals surface area contributed by atoms with Gasteiger partial charge in [0, 0.05) is 27.8 Å². The zero-order valence-corrected chi connectivity index (χ0v) is 14.5. The first-order valence-corrected chi connectivity index (χ1v) is 8.15. The molecule has 1 aromatic heterocycles. The average Bonchev–Trinajstić information content (AvgIpc) is 2.52. The summed E-state index contributed by atoms with van der Waals surface area (Å²) in [5.41, 5.74) is 2.29. The Hall–Kier alpha value is -1.21. The number of methoxy groups -OCH3 is 1. The predicted octanol–water partition coefficient (Wildman–Crippen LogP) is 3.37. The number of ether oxygens (including phenoxy) is 1. The van der Waals surface area contributed by atoms with Crippen LogP contribution in [0.3, 0.4) is 0 Å². The van der Waals surface area contributed by atoms with Gasteiger partial charge in [-0.15, -0.1) is 0 Å². The van der Waals surface area contributed by atoms with Crippen LogP contribution < -0.4 is 10.1 Å². The third-order valence-electron chi connectivity index (χ3n) is 3.24. The van der Waals surface area contributed by atoms with Crippen molar-refractivity contribution in [3.8, 4) is 5.88 Å². The van der Waals surface area contributed by atoms with Crippen molar-refractivity contribution in [3.05, 3.63) is 51.5 Å². The van der Waals surface area contributed by atoms with Crippen molar-refractivity contribution < 1.29 is 4.74 Å². The highest BCUT2D eigenvalue weighted by atomic mass is 127. The lowest BCUT2D eigenvalue weighted by atomic mass is 10.0. The van der Waals surface area contributed by atoms with E-state index in [2.05, 4.69) is 69.1 Å². The Morgan fingerprint density at radius 2 is 2.10 bits per heavy atom. The van der Waals surface area contributed by atoms with E-state index in [-0.39, 0.29) is 6.04 Å². The summed E-state index contributed by atoms with van der Waals surface area (Å²) in [7, 11) is 1.62. The SMILES string of the molecule is CCCNC(Cc1cc(OC)ncn1)c1ccccc1I. The van der Waals surface area contributed by atoms with Gasteiger partial charge in [-0.25, -0.2) is 9.97 Å². The Balaban J connectivity index is 2.21. The van der Waals surface area contributed by atoms with Crippen LogP contribution in [-0.4, -0.2) is 23.6 Å². The zero-order valence-electron chi connectivity index (χ0n) is 12.3. The first-order valence-electron chi connectivity index (χ1n) is 7.07. The summed E-state index contributed by atoms with van der Waals surface area (Å²) in [5.74, 6) is 0.608. The van der Waals surface area contributed by atoms with Gasteiger partial charge < -0.3 is 10.1 Å². The lowest BCUT2D eigenvalue weighted by Crippen LogP contribution is -2.25. The summed E-state index contributed by atoms with van der Waals surface area (Å²) in [6, 6.07) is 10.6. The molecule has 0 spiro atoms. The van der Waals surface area contributed by atoms with Crippen LogP contribution in [0.25, 0.3) is 0 Å². The van der Waals surface area contributed by atoms with Gasteiger partial charge in [0.25, 0.3) is 0 Å². The molecule has 0 aliphatic heterocycles. The molecule has 1 heterocycles. The number of halogens is 1. The van der Waals surface area contributed by atoms with Crippen LogP contribution in [0.15, 0.2) is 36.7 Å². The summed E-state index contributed by atoms with van der Waals surface area (Å²) >= 11 is 2.39. The van der Waals surface area contributed by atoms with Gasteiger partial charge in [0.05, 0.1) is 7.11 Å². The quantitative estimate of drug-likeness (QED) is 0.728. The van der Waals surface area contributed by atoms with Crippen molar-refractivity contribution in [2.45, 2.75) is 25.8 Å². The molecule has 21 heavy (non-hydrogen) atoms. The Bertz CT molecular complexity index is 577. The molecule has 1 unspecified atom stereocenters. The summed E-state index contributed by atoms with van der Waals surface area (Å²) in [5, 5.41) is 3.61. The molecule has 0 fully saturated rings. The van der Waals surface area contributed by atoms with Gasteiger partial charge in [-0.2, -0.15) is 0 Å². The maximum absolute atomic E-state index is 5.17. The van der Waals surface area contributed by atoms with Crippen molar-refractivity contribution >= 4 is 22.6 Å². The number of benzene rings is 1. The number of nitrogens with zero attached hydrogens (tertiary/aromatic N) is 2. The molecule has 2 rings (SSSR count). The average molecular weight is 397 g/mol. The summed E-state index contributed by atoms with van der Waals surface area (Å²) in [4.78, 5) is 8.42. The Kier molecular flexibility index (Phi) is 6.38. The van der Waals surface area contributed by atoms with Gasteiger partial charge in [0.1, 0.15) is 6.33 Å². The topological polar surface area (TPSA) is 47.0 Å². The van der Waals surface area contributed by atoms with Gasteiger partial charge in [-0.3, -0.25) is 0 Å². The van der Waals surface area contributed by atoms with E-state index in [9.17, 15) is 0 Å². The standard InChI is InChI=1S/C16H20IN3O/c1-3-8-18-15(13-6-4-5-7-14(13)17)9-12-10-16(21-2)20-11-19-12/h4-7,10-11,15,18H,3,8-9H2,1-2H3. The van der Waals surface area contributed by atoms with E-state index in [1.807, 2.05) is 6.07 Å². The maximum Gasteiger partial charge on any atom is 0.216 e. The molecule has 1 atom stereocenters. The van der Waals surface area contributed by atoms with Crippen LogP contribution in [-0.2, 0) is 6.42 Å². The van der Waals surface area contributed by atoms with Crippen LogP contribution in [0, 0.1) is 3.57 Å². The van der Waals surface area contributed by atoms with E-state index in [0.29, 0.717) is 5.88 Å². The van der Waals surface area contributed by atoms with Crippen LogP contribution in [0.2, 0.25) is 0 Å². The second kappa shape index (κ2) is 8.29. The van der Waals surface area contributed by atoms with E-state index < -0.39 is 0 Å². The molecule has 0 aliphatic carbocycles. The number of nitrogens with one attached hydrogen (secondary N) is 1. The zero-order chi connectivity index (χ0) is 15.1. The Morgan fingerprint density at radius 1 is 1.29 bits per heavy atom. The molecule has 4 nitrogen and oxygen atoms in total. The fourth-order valence-electron chi connectivity index (χ4n) is 2.18. The van der Waals surface area contributed by atoms with Gasteiger partial charge in [-0.05, 0) is 47.2 Å². The number of aromatic nitrogens is 2. The van der Waals surface area contributed by atoms with Crippen LogP contribution in [0.5, 0.6) is 5.88 Å². The van der Waals surface area contributed by atoms with Crippen molar-refractivity contribution in [3.63, 3.8) is 0 Å². The van der Waals surface area contributed by atoms with E-state index in [1.54, 1.807) is 13.4 Å². The molecule has 1 N–H and O–H groups in total. The lowest BCUT2D eigenvalue weighted by molar-refractivity contribution is 0.395. The highest BCUT2D eigenvalue weighted by Gasteiger charge is 2.15. The van der Waals surface area contributed by atoms with Crippen LogP contribution >= 0.6 is 22.6 Å². The molecule has 2 aromatic rings. The summed E-state index contributed by atoms with van der Waals surface area (Å²) < 4.78 is 6.44. The molecular weight excluding hydrogens is 377 g/mol. The molecule has 1 aromatic carbocycles. The molecule has 0 amide bonds. The molecule has 0 bridgehead atoms. The molecule has 0 aliphatic rings. The highest BCUT2D eigenvalue weighted by Crippen LogP contribution is 2.23. The molecular formula is C16H20IN3O. The summed E-state index contributed by atoms with van der Waals surface area (Å²) in [6.45, 7) is 3.16. The minimum atomic E-state index is 0.248. The molecule has 112 valence electrons. The first kappa shape index (κ1) is 16.2. The first-order chi connectivity index (χ1) is 10.2. The normalized spacial score (nSPS) is 12.1. The number of hydrogen-bond acceptors (Lipinski definition) is 4. The highest BCUT2D eigenvalue weighted by molar-refractivity contribution is 14.1. The van der Waals surface area contributed by atoms with Gasteiger partial charge >= 0.3 is 0 Å². The fraction of sp³-hybridized carbons (Fsp3) is 0.375. The van der Waals surface area contributed by atoms with Crippen LogP contribution in [0.1, 0.15) is 30.6 Å². The molecule has 5 heteroatoms. The smallest absolute Gasteiger partial charge is 0.216 e. The van der Waals surface area contributed by atoms with Crippen molar-refractivity contribution in [1.29, 1.82) is 0 Å². The number of rotatable bonds is 7. The van der Waals surface area contributed by atoms with Crippen molar-refractivity contribution in [2.24, 2.45) is 0 Å². The van der Waals surface area contributed by atoms with Gasteiger partial charge in [0.15, 0.2) is 0 Å². The molecule has 0 saturated heterocycles. The second-order valence-corrected chi connectivity index (χ2v) is 5.95. The van der Waals surface area contributed by atoms with Gasteiger partial charge in [-0.1, -0.05) is 25.1 Å². The van der Waals surface area contributed by atoms with Crippen molar-refractivity contribution in [1.82, 2.24) is 15.3 Å². The van der Waals surface area contributed by atoms with Crippen molar-refractivity contribution in [2.75, 3.05) is 13.7 Å². The van der Waals surface area contributed by atoms with E-state index in [4.69, 9.17) is 4.74 Å². The van der Waals surface area contributed by atoms with E-state index in [1.165, 1.54) is 9.13 Å². The largest absolute Gasteiger partial charge is 0.481 e. The van der Waals surface area contributed by atoms with Gasteiger partial charge in [0.2, 0.25) is 5.88 Å². The second-order valence-electron chi connectivity index (χ2n) is 4.78. The fourth-order valence-corrected chi connectivity index (χ4v) is 2.94. The van der Waals surface area contributed by atoms with E-state index in [0.717, 1.165) is 25.1 Å². The minimum Gasteiger partial charge on any atom is -0.481 e. The maximum atomic E-state index is 5.17. The lowest BCUT2D eigenvalue weighted by Gasteiger charge is -2.20. The summed E-state index contributed by atoms with van der Waals surface area (Å²) in [6.07, 6.45) is 3.48.